The van der Waals surface area contributed by atoms with Gasteiger partial charge in [-0.15, -0.1) is 0 Å². The molecule has 3 heterocycles. The highest BCUT2D eigenvalue weighted by atomic mass is 15.3. The predicted octanol–water partition coefficient (Wildman–Crippen LogP) is 3.49. The van der Waals surface area contributed by atoms with Gasteiger partial charge in [0.15, 0.2) is 0 Å². The highest BCUT2D eigenvalue weighted by Gasteiger charge is 2.20. The summed E-state index contributed by atoms with van der Waals surface area (Å²) in [7, 11) is 2.23. The van der Waals surface area contributed by atoms with Crippen LogP contribution in [0.1, 0.15) is 19.3 Å². The van der Waals surface area contributed by atoms with Gasteiger partial charge >= 0.3 is 0 Å². The molecule has 1 aliphatic rings. The van der Waals surface area contributed by atoms with Crippen molar-refractivity contribution < 1.29 is 0 Å². The molecule has 0 radical (unpaired) electrons. The molecule has 0 amide bonds. The summed E-state index contributed by atoms with van der Waals surface area (Å²) in [5, 5.41) is 4.76. The van der Waals surface area contributed by atoms with Gasteiger partial charge in [0.2, 0.25) is 0 Å². The molecular weight excluding hydrogens is 310 g/mol. The molecule has 1 saturated heterocycles. The van der Waals surface area contributed by atoms with Crippen LogP contribution in [0.15, 0.2) is 55.1 Å². The van der Waals surface area contributed by atoms with Gasteiger partial charge in [0.1, 0.15) is 0 Å². The van der Waals surface area contributed by atoms with E-state index in [1.807, 2.05) is 6.07 Å². The van der Waals surface area contributed by atoms with E-state index in [1.165, 1.54) is 19.4 Å². The quantitative estimate of drug-likeness (QED) is 0.717. The average molecular weight is 333 g/mol. The predicted molar refractivity (Wildman–Crippen MR) is 99.0 cm³/mol. The molecule has 5 nitrogen and oxygen atoms in total. The lowest BCUT2D eigenvalue weighted by Crippen LogP contribution is -2.26. The maximum absolute atomic E-state index is 4.76. The van der Waals surface area contributed by atoms with Gasteiger partial charge in [0.05, 0.1) is 17.6 Å². The minimum absolute atomic E-state index is 0.702. The first-order valence-electron chi connectivity index (χ1n) is 8.90. The van der Waals surface area contributed by atoms with Crippen LogP contribution in [-0.4, -0.2) is 44.3 Å². The second-order valence-corrected chi connectivity index (χ2v) is 6.70. The summed E-state index contributed by atoms with van der Waals surface area (Å²) in [5.74, 6) is 0. The summed E-state index contributed by atoms with van der Waals surface area (Å²) in [6.45, 7) is 2.20. The van der Waals surface area contributed by atoms with Gasteiger partial charge in [-0.1, -0.05) is 18.2 Å². The van der Waals surface area contributed by atoms with Crippen LogP contribution in [0.2, 0.25) is 0 Å². The standard InChI is InChI=1S/C20H23N5/c1-24-11-3-6-18(24)7-12-25-13-8-19(23-25)16-4-2-5-17(14-16)20-15-21-9-10-22-20/h2,4-5,8-10,13-15,18H,3,6-7,11-12H2,1H3. The summed E-state index contributed by atoms with van der Waals surface area (Å²) in [6, 6.07) is 11.1. The van der Waals surface area contributed by atoms with E-state index in [9.17, 15) is 0 Å². The second-order valence-electron chi connectivity index (χ2n) is 6.70. The number of likely N-dealkylation sites (tertiary alicyclic amines) is 1. The number of nitrogens with zero attached hydrogens (tertiary/aromatic N) is 5. The van der Waals surface area contributed by atoms with E-state index < -0.39 is 0 Å². The summed E-state index contributed by atoms with van der Waals surface area (Å²) in [6.07, 6.45) is 11.1. The fourth-order valence-electron chi connectivity index (χ4n) is 3.55. The Hall–Kier alpha value is -2.53. The minimum atomic E-state index is 0.702. The molecule has 1 aliphatic heterocycles. The van der Waals surface area contributed by atoms with Crippen LogP contribution in [0.3, 0.4) is 0 Å². The molecule has 0 N–H and O–H groups in total. The zero-order valence-electron chi connectivity index (χ0n) is 14.5. The average Bonchev–Trinajstić information content (AvgIpc) is 3.30. The molecule has 0 bridgehead atoms. The molecule has 4 rings (SSSR count). The number of benzene rings is 1. The van der Waals surface area contributed by atoms with Crippen LogP contribution in [0, 0.1) is 0 Å². The molecule has 0 saturated carbocycles. The number of hydrogen-bond donors (Lipinski definition) is 0. The molecule has 5 heteroatoms. The summed E-state index contributed by atoms with van der Waals surface area (Å²) in [4.78, 5) is 11.0. The van der Waals surface area contributed by atoms with E-state index in [0.717, 1.165) is 35.5 Å². The Bertz CT molecular complexity index is 827. The third-order valence-corrected chi connectivity index (χ3v) is 5.02. The monoisotopic (exact) mass is 333 g/mol. The van der Waals surface area contributed by atoms with Gasteiger partial charge in [0.25, 0.3) is 0 Å². The third kappa shape index (κ3) is 3.61. The van der Waals surface area contributed by atoms with Gasteiger partial charge in [-0.25, -0.2) is 0 Å². The van der Waals surface area contributed by atoms with E-state index in [2.05, 4.69) is 57.1 Å². The molecule has 1 fully saturated rings. The highest BCUT2D eigenvalue weighted by Crippen LogP contribution is 2.24. The van der Waals surface area contributed by atoms with Crippen LogP contribution < -0.4 is 0 Å². The van der Waals surface area contributed by atoms with Gasteiger partial charge in [-0.2, -0.15) is 5.10 Å². The zero-order chi connectivity index (χ0) is 17.1. The molecule has 2 aromatic heterocycles. The van der Waals surface area contributed by atoms with E-state index in [1.54, 1.807) is 18.6 Å². The lowest BCUT2D eigenvalue weighted by Gasteiger charge is -2.18. The van der Waals surface area contributed by atoms with E-state index in [4.69, 9.17) is 5.10 Å². The van der Waals surface area contributed by atoms with Crippen molar-refractivity contribution in [3.8, 4) is 22.5 Å². The Kier molecular flexibility index (Phi) is 4.57. The minimum Gasteiger partial charge on any atom is -0.303 e. The highest BCUT2D eigenvalue weighted by molar-refractivity contribution is 5.68. The molecule has 0 spiro atoms. The van der Waals surface area contributed by atoms with E-state index in [0.29, 0.717) is 6.04 Å². The molecule has 0 aliphatic carbocycles. The summed E-state index contributed by atoms with van der Waals surface area (Å²) < 4.78 is 2.07. The maximum atomic E-state index is 4.76. The largest absolute Gasteiger partial charge is 0.303 e. The lowest BCUT2D eigenvalue weighted by atomic mass is 10.1. The molecular formula is C20H23N5. The van der Waals surface area contributed by atoms with E-state index in [-0.39, 0.29) is 0 Å². The van der Waals surface area contributed by atoms with Gasteiger partial charge < -0.3 is 4.90 Å². The number of rotatable bonds is 5. The number of aromatic nitrogens is 4. The van der Waals surface area contributed by atoms with Crippen molar-refractivity contribution in [3.63, 3.8) is 0 Å². The van der Waals surface area contributed by atoms with Gasteiger partial charge in [-0.3, -0.25) is 14.6 Å². The molecule has 1 aromatic carbocycles. The summed E-state index contributed by atoms with van der Waals surface area (Å²) >= 11 is 0. The first kappa shape index (κ1) is 16.0. The van der Waals surface area contributed by atoms with Crippen molar-refractivity contribution in [1.82, 2.24) is 24.6 Å². The normalized spacial score (nSPS) is 17.9. The lowest BCUT2D eigenvalue weighted by molar-refractivity contribution is 0.283. The van der Waals surface area contributed by atoms with Crippen LogP contribution >= 0.6 is 0 Å². The smallest absolute Gasteiger partial charge is 0.0923 e. The maximum Gasteiger partial charge on any atom is 0.0923 e. The Morgan fingerprint density at radius 1 is 1.12 bits per heavy atom. The Balaban J connectivity index is 1.48. The van der Waals surface area contributed by atoms with Crippen LogP contribution in [-0.2, 0) is 6.54 Å². The molecule has 1 atom stereocenters. The molecule has 3 aromatic rings. The van der Waals surface area contributed by atoms with Crippen LogP contribution in [0.4, 0.5) is 0 Å². The van der Waals surface area contributed by atoms with Crippen molar-refractivity contribution >= 4 is 0 Å². The van der Waals surface area contributed by atoms with Crippen molar-refractivity contribution in [2.24, 2.45) is 0 Å². The first-order chi connectivity index (χ1) is 12.3. The van der Waals surface area contributed by atoms with Crippen LogP contribution in [0.5, 0.6) is 0 Å². The van der Waals surface area contributed by atoms with Crippen molar-refractivity contribution in [2.75, 3.05) is 13.6 Å². The van der Waals surface area contributed by atoms with E-state index >= 15 is 0 Å². The fraction of sp³-hybridized carbons (Fsp3) is 0.350. The topological polar surface area (TPSA) is 46.8 Å². The van der Waals surface area contributed by atoms with Crippen molar-refractivity contribution in [3.05, 3.63) is 55.1 Å². The van der Waals surface area contributed by atoms with Crippen molar-refractivity contribution in [2.45, 2.75) is 31.8 Å². The second kappa shape index (κ2) is 7.15. The fourth-order valence-corrected chi connectivity index (χ4v) is 3.55. The molecule has 128 valence electrons. The molecule has 25 heavy (non-hydrogen) atoms. The van der Waals surface area contributed by atoms with Gasteiger partial charge in [-0.05, 0) is 45.0 Å². The number of aryl methyl sites for hydroxylation is 1. The SMILES string of the molecule is CN1CCCC1CCn1ccc(-c2cccc(-c3cnccn3)c2)n1. The first-order valence-corrected chi connectivity index (χ1v) is 8.90. The Morgan fingerprint density at radius 2 is 2.00 bits per heavy atom. The Morgan fingerprint density at radius 3 is 2.76 bits per heavy atom. The number of hydrogen-bond acceptors (Lipinski definition) is 4. The zero-order valence-corrected chi connectivity index (χ0v) is 14.5. The van der Waals surface area contributed by atoms with Crippen LogP contribution in [0.25, 0.3) is 22.5 Å². The van der Waals surface area contributed by atoms with Crippen molar-refractivity contribution in [1.29, 1.82) is 0 Å². The Labute approximate surface area is 148 Å². The summed E-state index contributed by atoms with van der Waals surface area (Å²) in [5.41, 5.74) is 4.06. The van der Waals surface area contributed by atoms with Gasteiger partial charge in [0, 0.05) is 42.3 Å². The molecule has 1 unspecified atom stereocenters. The third-order valence-electron chi connectivity index (χ3n) is 5.02.